The lowest BCUT2D eigenvalue weighted by Crippen LogP contribution is -2.59. The Labute approximate surface area is 311 Å². The molecule has 2 fully saturated rings. The van der Waals surface area contributed by atoms with Gasteiger partial charge in [-0.15, -0.1) is 6.58 Å². The summed E-state index contributed by atoms with van der Waals surface area (Å²) in [7, 11) is -4.69. The van der Waals surface area contributed by atoms with Crippen LogP contribution < -0.4 is 15.4 Å². The van der Waals surface area contributed by atoms with E-state index in [-0.39, 0.29) is 51.0 Å². The zero-order valence-electron chi connectivity index (χ0n) is 29.4. The van der Waals surface area contributed by atoms with Crippen LogP contribution >= 0.6 is 0 Å². The summed E-state index contributed by atoms with van der Waals surface area (Å²) in [6.07, 6.45) is 4.20. The van der Waals surface area contributed by atoms with Gasteiger partial charge in [-0.05, 0) is 43.0 Å². The molecule has 3 aliphatic heterocycles. The van der Waals surface area contributed by atoms with Crippen molar-refractivity contribution < 1.29 is 46.3 Å². The van der Waals surface area contributed by atoms with Gasteiger partial charge in [0.05, 0.1) is 18.8 Å². The summed E-state index contributed by atoms with van der Waals surface area (Å²) >= 11 is 0. The number of nitrogens with one attached hydrogen (secondary N) is 3. The molecule has 17 heteroatoms. The molecular formula is C37H41FN6O9S. The fraction of sp³-hybridized carbons (Fsp3) is 0.459. The third kappa shape index (κ3) is 8.06. The highest BCUT2D eigenvalue weighted by atomic mass is 32.2. The summed E-state index contributed by atoms with van der Waals surface area (Å²) in [5.41, 5.74) is -0.684. The number of hydrogen-bond acceptors (Lipinski definition) is 10. The second-order valence-electron chi connectivity index (χ2n) is 14.0. The van der Waals surface area contributed by atoms with E-state index in [1.165, 1.54) is 52.3 Å². The fourth-order valence-corrected chi connectivity index (χ4v) is 8.64. The van der Waals surface area contributed by atoms with E-state index < -0.39 is 80.1 Å². The smallest absolute Gasteiger partial charge is 0.410 e. The number of halogens is 1. The van der Waals surface area contributed by atoms with E-state index in [1.54, 1.807) is 12.1 Å². The second kappa shape index (κ2) is 15.9. The summed E-state index contributed by atoms with van der Waals surface area (Å²) in [6.45, 7) is 3.66. The van der Waals surface area contributed by atoms with E-state index in [0.29, 0.717) is 43.2 Å². The number of aliphatic imine (C=N–C) groups is 1. The molecular weight excluding hydrogens is 724 g/mol. The molecule has 286 valence electrons. The number of ether oxygens (including phenoxy) is 1. The van der Waals surface area contributed by atoms with Gasteiger partial charge < -0.3 is 20.3 Å². The van der Waals surface area contributed by atoms with Crippen molar-refractivity contribution in [2.24, 2.45) is 10.9 Å². The number of nitrogens with zero attached hydrogens (tertiary/aromatic N) is 3. The number of carbonyl (C=O) groups excluding carboxylic acids is 6. The van der Waals surface area contributed by atoms with Crippen LogP contribution in [0.25, 0.3) is 0 Å². The maximum Gasteiger partial charge on any atom is 0.410 e. The number of benzene rings is 2. The number of hydrogen-bond donors (Lipinski definition) is 3. The highest BCUT2D eigenvalue weighted by Crippen LogP contribution is 2.50. The molecule has 1 saturated carbocycles. The van der Waals surface area contributed by atoms with E-state index in [9.17, 15) is 41.6 Å². The van der Waals surface area contributed by atoms with Crippen molar-refractivity contribution in [2.75, 3.05) is 11.9 Å². The summed E-state index contributed by atoms with van der Waals surface area (Å²) in [4.78, 5) is 85.5. The number of anilines is 1. The Morgan fingerprint density at radius 1 is 1.00 bits per heavy atom. The summed E-state index contributed by atoms with van der Waals surface area (Å²) in [6, 6.07) is 7.07. The second-order valence-corrected chi connectivity index (χ2v) is 15.7. The van der Waals surface area contributed by atoms with Crippen molar-refractivity contribution in [1.82, 2.24) is 19.8 Å². The van der Waals surface area contributed by atoms with Crippen LogP contribution in [0.2, 0.25) is 0 Å². The lowest BCUT2D eigenvalue weighted by atomic mass is 10.0. The molecule has 0 aromatic heterocycles. The first-order chi connectivity index (χ1) is 25.9. The number of sulfonamides is 1. The topological polar surface area (TPSA) is 201 Å². The Morgan fingerprint density at radius 2 is 1.74 bits per heavy atom. The summed E-state index contributed by atoms with van der Waals surface area (Å²) in [5.74, 6) is -4.01. The van der Waals surface area contributed by atoms with Gasteiger partial charge in [0.25, 0.3) is 15.9 Å². The molecule has 5 amide bonds. The molecule has 15 nitrogen and oxygen atoms in total. The number of rotatable bonds is 4. The van der Waals surface area contributed by atoms with Gasteiger partial charge in [-0.3, -0.25) is 24.1 Å². The third-order valence-electron chi connectivity index (χ3n) is 10.4. The molecule has 1 aliphatic carbocycles. The average Bonchev–Trinajstić information content (AvgIpc) is 3.42. The Hall–Kier alpha value is -5.41. The predicted molar refractivity (Wildman–Crippen MR) is 190 cm³/mol. The Kier molecular flexibility index (Phi) is 11.3. The average molecular weight is 765 g/mol. The van der Waals surface area contributed by atoms with Crippen LogP contribution in [0.1, 0.15) is 68.9 Å². The van der Waals surface area contributed by atoms with Crippen molar-refractivity contribution in [1.29, 1.82) is 0 Å². The minimum Gasteiger partial charge on any atom is -0.444 e. The Morgan fingerprint density at radius 3 is 2.46 bits per heavy atom. The number of carbonyl (C=O) groups is 5. The quantitative estimate of drug-likeness (QED) is 0.238. The van der Waals surface area contributed by atoms with Crippen molar-refractivity contribution >= 4 is 51.5 Å². The molecule has 0 bridgehead atoms. The minimum atomic E-state index is -4.69. The first kappa shape index (κ1) is 38.3. The number of amides is 5. The SMILES string of the molecule is C=C[C@@H]1C[C@]1(N=C=O)C1NC(=O)[C@@H]2C[C@@H](OC(=O)N3Cc4cccc(F)c4C3)CN2C(=O)CCCCCCCC(=O)Nc2ccccc2S(=O)(=O)NC1=O. The van der Waals surface area contributed by atoms with Crippen LogP contribution in [0.3, 0.4) is 0 Å². The van der Waals surface area contributed by atoms with Gasteiger partial charge >= 0.3 is 6.09 Å². The minimum absolute atomic E-state index is 0.0156. The molecule has 6 rings (SSSR count). The summed E-state index contributed by atoms with van der Waals surface area (Å²) in [5, 5.41) is 5.15. The predicted octanol–water partition coefficient (Wildman–Crippen LogP) is 3.20. The van der Waals surface area contributed by atoms with Crippen molar-refractivity contribution in [3.63, 3.8) is 0 Å². The highest BCUT2D eigenvalue weighted by molar-refractivity contribution is 7.90. The maximum absolute atomic E-state index is 14.4. The standard InChI is InChI=1S/C37H41FN6O9S/c1-2-24-18-37(24,39-22-45)33-35(49)42-54(51,52)30-14-9-8-13-28(30)40-31(46)15-6-4-3-5-7-16-32(47)44-20-25(17-29(44)34(48)41-33)53-36(50)43-19-23-11-10-12-27(38)26(23)21-43/h2,8-14,24-25,29,33H,1,3-7,15-21H2,(H,40,46)(H,41,48)(H,42,49)/t24-,25-,29+,33?,37-/m1/s1. The van der Waals surface area contributed by atoms with E-state index in [0.717, 1.165) is 0 Å². The molecule has 0 spiro atoms. The van der Waals surface area contributed by atoms with Gasteiger partial charge in [-0.2, -0.15) is 4.99 Å². The van der Waals surface area contributed by atoms with Gasteiger partial charge in [0, 0.05) is 37.3 Å². The fourth-order valence-electron chi connectivity index (χ4n) is 7.48. The van der Waals surface area contributed by atoms with E-state index >= 15 is 0 Å². The van der Waals surface area contributed by atoms with Gasteiger partial charge in [-0.1, -0.05) is 49.6 Å². The van der Waals surface area contributed by atoms with Gasteiger partial charge in [0.1, 0.15) is 34.4 Å². The highest BCUT2D eigenvalue weighted by Gasteiger charge is 2.62. The first-order valence-electron chi connectivity index (χ1n) is 17.9. The largest absolute Gasteiger partial charge is 0.444 e. The van der Waals surface area contributed by atoms with Gasteiger partial charge in [-0.25, -0.2) is 27.1 Å². The molecule has 1 saturated heterocycles. The van der Waals surface area contributed by atoms with E-state index in [4.69, 9.17) is 4.74 Å². The van der Waals surface area contributed by atoms with Crippen molar-refractivity contribution in [3.05, 3.63) is 72.1 Å². The van der Waals surface area contributed by atoms with Crippen LogP contribution in [0, 0.1) is 11.7 Å². The van der Waals surface area contributed by atoms with Crippen LogP contribution in [0.4, 0.5) is 14.9 Å². The third-order valence-corrected chi connectivity index (χ3v) is 11.8. The van der Waals surface area contributed by atoms with Crippen LogP contribution in [0.5, 0.6) is 0 Å². The molecule has 3 N–H and O–H groups in total. The van der Waals surface area contributed by atoms with Crippen molar-refractivity contribution in [3.8, 4) is 0 Å². The molecule has 4 aliphatic rings. The van der Waals surface area contributed by atoms with Gasteiger partial charge in [0.2, 0.25) is 23.8 Å². The van der Waals surface area contributed by atoms with Crippen molar-refractivity contribution in [2.45, 2.75) is 99.5 Å². The molecule has 2 aromatic rings. The molecule has 0 radical (unpaired) electrons. The Bertz CT molecular complexity index is 2020. The zero-order valence-corrected chi connectivity index (χ0v) is 30.2. The summed E-state index contributed by atoms with van der Waals surface area (Å²) < 4.78 is 49.5. The first-order valence-corrected chi connectivity index (χ1v) is 19.3. The zero-order chi connectivity index (χ0) is 38.6. The normalized spacial score (nSPS) is 27.5. The van der Waals surface area contributed by atoms with Crippen LogP contribution in [0.15, 0.2) is 65.0 Å². The molecule has 1 unspecified atom stereocenters. The molecule has 54 heavy (non-hydrogen) atoms. The van der Waals surface area contributed by atoms with Crippen LogP contribution in [-0.4, -0.2) is 84.3 Å². The molecule has 5 atom stereocenters. The number of fused-ring (bicyclic) bond motifs is 3. The number of isocyanates is 1. The number of para-hydroxylation sites is 1. The van der Waals surface area contributed by atoms with Gasteiger partial charge in [0.15, 0.2) is 0 Å². The van der Waals surface area contributed by atoms with E-state index in [2.05, 4.69) is 22.2 Å². The Balaban J connectivity index is 1.28. The lowest BCUT2D eigenvalue weighted by Gasteiger charge is -2.28. The monoisotopic (exact) mass is 764 g/mol. The van der Waals surface area contributed by atoms with Crippen LogP contribution in [-0.2, 0) is 51.8 Å². The molecule has 3 heterocycles. The van der Waals surface area contributed by atoms with E-state index in [1.807, 2.05) is 4.72 Å². The maximum atomic E-state index is 14.4. The molecule has 2 aromatic carbocycles. The lowest BCUT2D eigenvalue weighted by molar-refractivity contribution is -0.139.